The number of carbonyl (C=O) groups is 2. The van der Waals surface area contributed by atoms with Crippen molar-refractivity contribution in [2.75, 3.05) is 5.32 Å². The van der Waals surface area contributed by atoms with Crippen molar-refractivity contribution in [3.63, 3.8) is 0 Å². The Morgan fingerprint density at radius 1 is 1.45 bits per heavy atom. The molecule has 2 aromatic rings. The highest BCUT2D eigenvalue weighted by molar-refractivity contribution is 7.17. The Hall–Kier alpha value is -2.33. The number of nitrogens with one attached hydrogen (secondary N) is 1. The number of rotatable bonds is 5. The normalized spacial score (nSPS) is 10.2. The Morgan fingerprint density at radius 2 is 2.20 bits per heavy atom. The molecule has 0 aliphatic heterocycles. The van der Waals surface area contributed by atoms with Gasteiger partial charge in [-0.3, -0.25) is 25.0 Å². The minimum atomic E-state index is -1.01. The van der Waals surface area contributed by atoms with Gasteiger partial charge in [-0.2, -0.15) is 0 Å². The third-order valence-electron chi connectivity index (χ3n) is 2.10. The molecule has 104 valence electrons. The molecule has 8 nitrogen and oxygen atoms in total. The Morgan fingerprint density at radius 3 is 2.80 bits per heavy atom. The number of hydrogen-bond acceptors (Lipinski definition) is 7. The largest absolute Gasteiger partial charge is 0.481 e. The van der Waals surface area contributed by atoms with E-state index in [0.717, 1.165) is 22.7 Å². The number of carbonyl (C=O) groups excluding carboxylic acids is 1. The molecule has 0 radical (unpaired) electrons. The summed E-state index contributed by atoms with van der Waals surface area (Å²) >= 11 is 1.85. The van der Waals surface area contributed by atoms with Gasteiger partial charge in [0.25, 0.3) is 5.91 Å². The quantitative estimate of drug-likeness (QED) is 0.643. The van der Waals surface area contributed by atoms with E-state index in [2.05, 4.69) is 10.3 Å². The minimum Gasteiger partial charge on any atom is -0.481 e. The first-order valence-electron chi connectivity index (χ1n) is 5.17. The Kier molecular flexibility index (Phi) is 4.05. The number of hydrogen-bond donors (Lipinski definition) is 2. The van der Waals surface area contributed by atoms with Crippen molar-refractivity contribution >= 4 is 44.7 Å². The van der Waals surface area contributed by atoms with Gasteiger partial charge in [-0.15, -0.1) is 11.3 Å². The van der Waals surface area contributed by atoms with E-state index in [1.54, 1.807) is 0 Å². The van der Waals surface area contributed by atoms with Crippen LogP contribution in [0.1, 0.15) is 15.4 Å². The van der Waals surface area contributed by atoms with Crippen LogP contribution in [0.3, 0.4) is 0 Å². The number of thiophene rings is 1. The predicted molar refractivity (Wildman–Crippen MR) is 72.4 cm³/mol. The maximum absolute atomic E-state index is 11.8. The summed E-state index contributed by atoms with van der Waals surface area (Å²) < 4.78 is 0. The summed E-state index contributed by atoms with van der Waals surface area (Å²) in [7, 11) is 0. The number of anilines is 1. The van der Waals surface area contributed by atoms with Crippen LogP contribution in [0.15, 0.2) is 17.5 Å². The zero-order valence-corrected chi connectivity index (χ0v) is 11.4. The van der Waals surface area contributed by atoms with Crippen molar-refractivity contribution in [3.05, 3.63) is 38.2 Å². The molecule has 1 amide bonds. The van der Waals surface area contributed by atoms with E-state index in [1.165, 1.54) is 17.5 Å². The van der Waals surface area contributed by atoms with E-state index in [4.69, 9.17) is 5.11 Å². The molecular weight excluding hydrogens is 306 g/mol. The molecule has 0 saturated heterocycles. The molecule has 10 heteroatoms. The van der Waals surface area contributed by atoms with Gasteiger partial charge in [0.1, 0.15) is 0 Å². The lowest BCUT2D eigenvalue weighted by Gasteiger charge is -1.97. The molecule has 0 bridgehead atoms. The van der Waals surface area contributed by atoms with Crippen molar-refractivity contribution in [2.24, 2.45) is 0 Å². The molecule has 2 rings (SSSR count). The molecular formula is C10H7N3O5S2. The van der Waals surface area contributed by atoms with Crippen LogP contribution < -0.4 is 5.32 Å². The monoisotopic (exact) mass is 313 g/mol. The van der Waals surface area contributed by atoms with E-state index < -0.39 is 16.8 Å². The predicted octanol–water partition coefficient (Wildman–Crippen LogP) is 1.99. The molecule has 0 aliphatic carbocycles. The second kappa shape index (κ2) is 5.75. The van der Waals surface area contributed by atoms with Crippen LogP contribution >= 0.6 is 22.7 Å². The molecule has 0 aliphatic rings. The number of aliphatic carboxylic acids is 1. The number of aromatic nitrogens is 1. The average Bonchev–Trinajstić information content (AvgIpc) is 2.97. The van der Waals surface area contributed by atoms with E-state index in [1.807, 2.05) is 0 Å². The SMILES string of the molecule is O=C(O)Cc1csc(NC(=O)c2ccc([N+](=O)[O-])s2)n1. The number of amides is 1. The summed E-state index contributed by atoms with van der Waals surface area (Å²) in [5, 5.41) is 23.2. The molecule has 0 aromatic carbocycles. The van der Waals surface area contributed by atoms with Gasteiger partial charge in [0, 0.05) is 11.4 Å². The van der Waals surface area contributed by atoms with Crippen molar-refractivity contribution in [3.8, 4) is 0 Å². The number of nitro groups is 1. The fourth-order valence-electron chi connectivity index (χ4n) is 1.31. The molecule has 20 heavy (non-hydrogen) atoms. The Balaban J connectivity index is 2.05. The third kappa shape index (κ3) is 3.36. The van der Waals surface area contributed by atoms with Crippen LogP contribution in [0.4, 0.5) is 10.1 Å². The van der Waals surface area contributed by atoms with Gasteiger partial charge in [0.2, 0.25) is 0 Å². The van der Waals surface area contributed by atoms with Crippen LogP contribution in [0, 0.1) is 10.1 Å². The van der Waals surface area contributed by atoms with Gasteiger partial charge in [0.15, 0.2) is 5.13 Å². The molecule has 0 spiro atoms. The first kappa shape index (κ1) is 14.1. The zero-order chi connectivity index (χ0) is 14.7. The Bertz CT molecular complexity index is 678. The van der Waals surface area contributed by atoms with Gasteiger partial charge >= 0.3 is 11.0 Å². The summed E-state index contributed by atoms with van der Waals surface area (Å²) in [6.07, 6.45) is -0.225. The number of carboxylic acids is 1. The van der Waals surface area contributed by atoms with Gasteiger partial charge < -0.3 is 5.11 Å². The highest BCUT2D eigenvalue weighted by Gasteiger charge is 2.16. The van der Waals surface area contributed by atoms with E-state index >= 15 is 0 Å². The molecule has 0 atom stereocenters. The molecule has 0 fully saturated rings. The highest BCUT2D eigenvalue weighted by Crippen LogP contribution is 2.25. The zero-order valence-electron chi connectivity index (χ0n) is 9.73. The summed E-state index contributed by atoms with van der Waals surface area (Å²) in [6, 6.07) is 2.60. The van der Waals surface area contributed by atoms with E-state index in [9.17, 15) is 19.7 Å². The summed E-state index contributed by atoms with van der Waals surface area (Å²) in [5.74, 6) is -1.53. The van der Waals surface area contributed by atoms with Gasteiger partial charge in [-0.05, 0) is 6.07 Å². The topological polar surface area (TPSA) is 122 Å². The molecule has 2 heterocycles. The molecule has 0 saturated carbocycles. The van der Waals surface area contributed by atoms with Crippen molar-refractivity contribution in [1.82, 2.24) is 4.98 Å². The lowest BCUT2D eigenvalue weighted by Crippen LogP contribution is -2.10. The lowest BCUT2D eigenvalue weighted by atomic mass is 10.3. The van der Waals surface area contributed by atoms with E-state index in [-0.39, 0.29) is 21.4 Å². The van der Waals surface area contributed by atoms with Crippen LogP contribution in [-0.4, -0.2) is 26.9 Å². The van der Waals surface area contributed by atoms with Crippen LogP contribution in [0.5, 0.6) is 0 Å². The van der Waals surface area contributed by atoms with Crippen LogP contribution in [0.2, 0.25) is 0 Å². The Labute approximate surface area is 119 Å². The molecule has 2 aromatic heterocycles. The van der Waals surface area contributed by atoms with E-state index in [0.29, 0.717) is 5.69 Å². The van der Waals surface area contributed by atoms with Crippen molar-refractivity contribution < 1.29 is 19.6 Å². The smallest absolute Gasteiger partial charge is 0.324 e. The fourth-order valence-corrected chi connectivity index (χ4v) is 2.73. The first-order valence-corrected chi connectivity index (χ1v) is 6.87. The second-order valence-corrected chi connectivity index (χ2v) is 5.48. The van der Waals surface area contributed by atoms with Crippen LogP contribution in [-0.2, 0) is 11.2 Å². The van der Waals surface area contributed by atoms with Crippen molar-refractivity contribution in [2.45, 2.75) is 6.42 Å². The maximum Gasteiger partial charge on any atom is 0.324 e. The maximum atomic E-state index is 11.8. The van der Waals surface area contributed by atoms with Crippen LogP contribution in [0.25, 0.3) is 0 Å². The first-order chi connectivity index (χ1) is 9.45. The summed E-state index contributed by atoms with van der Waals surface area (Å²) in [5.41, 5.74) is 0.343. The summed E-state index contributed by atoms with van der Waals surface area (Å²) in [4.78, 5) is 36.4. The number of carboxylic acid groups (broad SMARTS) is 1. The highest BCUT2D eigenvalue weighted by atomic mass is 32.1. The van der Waals surface area contributed by atoms with Gasteiger partial charge in [-0.25, -0.2) is 4.98 Å². The molecule has 2 N–H and O–H groups in total. The standard InChI is InChI=1S/C10H7N3O5S2/c14-8(15)3-5-4-19-10(11-5)12-9(16)6-1-2-7(20-6)13(17)18/h1-2,4H,3H2,(H,14,15)(H,11,12,16). The van der Waals surface area contributed by atoms with Gasteiger partial charge in [0.05, 0.1) is 21.9 Å². The number of thiazole rings is 1. The number of nitrogens with zero attached hydrogens (tertiary/aromatic N) is 2. The lowest BCUT2D eigenvalue weighted by molar-refractivity contribution is -0.380. The van der Waals surface area contributed by atoms with Crippen molar-refractivity contribution in [1.29, 1.82) is 0 Å². The third-order valence-corrected chi connectivity index (χ3v) is 3.94. The van der Waals surface area contributed by atoms with Gasteiger partial charge in [-0.1, -0.05) is 11.3 Å². The second-order valence-electron chi connectivity index (χ2n) is 3.56. The average molecular weight is 313 g/mol. The molecule has 0 unspecified atom stereocenters. The fraction of sp³-hybridized carbons (Fsp3) is 0.100. The minimum absolute atomic E-state index is 0.124. The summed E-state index contributed by atoms with van der Waals surface area (Å²) in [6.45, 7) is 0.